The zero-order valence-electron chi connectivity index (χ0n) is 17.1. The molecular weight excluding hydrogens is 476 g/mol. The molecule has 0 spiro atoms. The Hall–Kier alpha value is -2.84. The second-order valence-electron chi connectivity index (χ2n) is 7.06. The summed E-state index contributed by atoms with van der Waals surface area (Å²) in [7, 11) is 0. The van der Waals surface area contributed by atoms with E-state index in [1.165, 1.54) is 11.8 Å². The molecule has 0 aliphatic rings. The van der Waals surface area contributed by atoms with Crippen LogP contribution in [0.3, 0.4) is 0 Å². The molecular formula is C23H21BrN4O2S. The molecule has 0 atom stereocenters. The van der Waals surface area contributed by atoms with Crippen LogP contribution in [-0.2, 0) is 11.3 Å². The highest BCUT2D eigenvalue weighted by Crippen LogP contribution is 2.28. The van der Waals surface area contributed by atoms with E-state index >= 15 is 0 Å². The topological polar surface area (TPSA) is 73.0 Å². The molecule has 0 fully saturated rings. The van der Waals surface area contributed by atoms with Crippen LogP contribution < -0.4 is 5.32 Å². The summed E-state index contributed by atoms with van der Waals surface area (Å²) in [5.41, 5.74) is 3.82. The van der Waals surface area contributed by atoms with Gasteiger partial charge in [0.05, 0.1) is 24.1 Å². The molecule has 31 heavy (non-hydrogen) atoms. The normalized spacial score (nSPS) is 10.9. The summed E-state index contributed by atoms with van der Waals surface area (Å²) in [6.45, 7) is 4.46. The third-order valence-corrected chi connectivity index (χ3v) is 6.25. The molecule has 2 heterocycles. The maximum atomic E-state index is 12.6. The van der Waals surface area contributed by atoms with Crippen molar-refractivity contribution in [2.45, 2.75) is 25.5 Å². The minimum absolute atomic E-state index is 0.0919. The molecule has 4 aromatic rings. The van der Waals surface area contributed by atoms with Gasteiger partial charge in [-0.1, -0.05) is 58.0 Å². The molecule has 6 nitrogen and oxygen atoms in total. The monoisotopic (exact) mass is 496 g/mol. The second kappa shape index (κ2) is 9.53. The van der Waals surface area contributed by atoms with Crippen molar-refractivity contribution in [1.29, 1.82) is 0 Å². The van der Waals surface area contributed by atoms with Crippen molar-refractivity contribution < 1.29 is 9.21 Å². The van der Waals surface area contributed by atoms with E-state index in [-0.39, 0.29) is 11.7 Å². The Labute approximate surface area is 193 Å². The van der Waals surface area contributed by atoms with Crippen LogP contribution in [0.1, 0.15) is 16.9 Å². The predicted molar refractivity (Wildman–Crippen MR) is 126 cm³/mol. The highest BCUT2D eigenvalue weighted by atomic mass is 79.9. The Morgan fingerprint density at radius 3 is 2.65 bits per heavy atom. The van der Waals surface area contributed by atoms with E-state index in [9.17, 15) is 4.79 Å². The summed E-state index contributed by atoms with van der Waals surface area (Å²) >= 11 is 4.81. The molecule has 8 heteroatoms. The third kappa shape index (κ3) is 5.08. The maximum absolute atomic E-state index is 12.6. The van der Waals surface area contributed by atoms with E-state index in [1.807, 2.05) is 60.9 Å². The van der Waals surface area contributed by atoms with Crippen molar-refractivity contribution in [3.63, 3.8) is 0 Å². The Balaban J connectivity index is 1.54. The average molecular weight is 497 g/mol. The molecule has 4 rings (SSSR count). The van der Waals surface area contributed by atoms with E-state index in [0.29, 0.717) is 11.7 Å². The molecule has 0 unspecified atom stereocenters. The molecule has 0 saturated carbocycles. The van der Waals surface area contributed by atoms with Gasteiger partial charge < -0.3 is 9.73 Å². The van der Waals surface area contributed by atoms with Gasteiger partial charge in [-0.25, -0.2) is 0 Å². The molecule has 0 aliphatic heterocycles. The molecule has 2 aromatic carbocycles. The quantitative estimate of drug-likeness (QED) is 0.332. The molecule has 1 amide bonds. The summed E-state index contributed by atoms with van der Waals surface area (Å²) in [6, 6.07) is 17.8. The number of carbonyl (C=O) groups is 1. The van der Waals surface area contributed by atoms with Crippen LogP contribution in [0.4, 0.5) is 5.69 Å². The first-order valence-electron chi connectivity index (χ1n) is 9.71. The van der Waals surface area contributed by atoms with E-state index in [1.54, 1.807) is 6.26 Å². The zero-order valence-corrected chi connectivity index (χ0v) is 19.5. The lowest BCUT2D eigenvalue weighted by Crippen LogP contribution is -2.15. The number of benzene rings is 2. The molecule has 158 valence electrons. The summed E-state index contributed by atoms with van der Waals surface area (Å²) < 4.78 is 8.47. The van der Waals surface area contributed by atoms with Gasteiger partial charge in [0.25, 0.3) is 0 Å². The number of carbonyl (C=O) groups excluding carboxylic acids is 1. The van der Waals surface area contributed by atoms with Crippen LogP contribution >= 0.6 is 27.7 Å². The number of nitrogens with zero attached hydrogens (tertiary/aromatic N) is 3. The fourth-order valence-corrected chi connectivity index (χ4v) is 4.42. The number of hydrogen-bond acceptors (Lipinski definition) is 5. The number of aromatic nitrogens is 3. The van der Waals surface area contributed by atoms with Crippen molar-refractivity contribution in [3.05, 3.63) is 82.2 Å². The number of furan rings is 1. The van der Waals surface area contributed by atoms with Crippen molar-refractivity contribution in [1.82, 2.24) is 14.8 Å². The first kappa shape index (κ1) is 21.4. The Kier molecular flexibility index (Phi) is 6.58. The predicted octanol–water partition coefficient (Wildman–Crippen LogP) is 5.70. The summed E-state index contributed by atoms with van der Waals surface area (Å²) in [5.74, 6) is 1.64. The molecule has 0 radical (unpaired) electrons. The van der Waals surface area contributed by atoms with E-state index < -0.39 is 0 Å². The third-order valence-electron chi connectivity index (χ3n) is 4.79. The molecule has 0 saturated heterocycles. The van der Waals surface area contributed by atoms with Crippen LogP contribution in [-0.4, -0.2) is 26.4 Å². The lowest BCUT2D eigenvalue weighted by molar-refractivity contribution is -0.113. The van der Waals surface area contributed by atoms with Gasteiger partial charge in [-0.2, -0.15) is 0 Å². The van der Waals surface area contributed by atoms with Crippen molar-refractivity contribution >= 4 is 39.3 Å². The number of anilines is 1. The van der Waals surface area contributed by atoms with Crippen LogP contribution in [0.25, 0.3) is 11.4 Å². The number of hydrogen-bond donors (Lipinski definition) is 1. The van der Waals surface area contributed by atoms with E-state index in [4.69, 9.17) is 4.42 Å². The van der Waals surface area contributed by atoms with E-state index in [2.05, 4.69) is 43.6 Å². The van der Waals surface area contributed by atoms with Gasteiger partial charge >= 0.3 is 0 Å². The summed E-state index contributed by atoms with van der Waals surface area (Å²) in [5, 5.41) is 12.4. The summed E-state index contributed by atoms with van der Waals surface area (Å²) in [6.07, 6.45) is 1.65. The number of thioether (sulfide) groups is 1. The van der Waals surface area contributed by atoms with Crippen LogP contribution in [0, 0.1) is 13.8 Å². The SMILES string of the molecule is Cc1cc(Br)ccc1NC(=O)CSc1nnc(-c2ccoc2C)n1Cc1ccccc1. The van der Waals surface area contributed by atoms with Gasteiger partial charge in [0, 0.05) is 10.2 Å². The Bertz CT molecular complexity index is 1200. The Morgan fingerprint density at radius 2 is 1.94 bits per heavy atom. The van der Waals surface area contributed by atoms with Gasteiger partial charge in [0.1, 0.15) is 5.76 Å². The van der Waals surface area contributed by atoms with Crippen molar-refractivity contribution in [3.8, 4) is 11.4 Å². The number of aryl methyl sites for hydroxylation is 2. The largest absolute Gasteiger partial charge is 0.469 e. The second-order valence-corrected chi connectivity index (χ2v) is 8.92. The van der Waals surface area contributed by atoms with Gasteiger partial charge in [0.2, 0.25) is 5.91 Å². The first-order chi connectivity index (χ1) is 15.0. The summed E-state index contributed by atoms with van der Waals surface area (Å²) in [4.78, 5) is 12.6. The minimum Gasteiger partial charge on any atom is -0.469 e. The lowest BCUT2D eigenvalue weighted by Gasteiger charge is -2.11. The first-order valence-corrected chi connectivity index (χ1v) is 11.5. The number of amides is 1. The molecule has 1 N–H and O–H groups in total. The van der Waals surface area contributed by atoms with Crippen LogP contribution in [0.2, 0.25) is 0 Å². The molecule has 0 bridgehead atoms. The minimum atomic E-state index is -0.0919. The molecule has 2 aromatic heterocycles. The Morgan fingerprint density at radius 1 is 1.13 bits per heavy atom. The fourth-order valence-electron chi connectivity index (χ4n) is 3.20. The van der Waals surface area contributed by atoms with Crippen LogP contribution in [0.15, 0.2) is 74.9 Å². The standard InChI is InChI=1S/C23H21BrN4O2S/c1-15-12-18(24)8-9-20(15)25-21(29)14-31-23-27-26-22(19-10-11-30-16(19)2)28(23)13-17-6-4-3-5-7-17/h3-12H,13-14H2,1-2H3,(H,25,29). The smallest absolute Gasteiger partial charge is 0.234 e. The molecule has 0 aliphatic carbocycles. The number of rotatable bonds is 7. The lowest BCUT2D eigenvalue weighted by atomic mass is 10.2. The fraction of sp³-hybridized carbons (Fsp3) is 0.174. The number of halogens is 1. The van der Waals surface area contributed by atoms with Gasteiger partial charge in [-0.15, -0.1) is 10.2 Å². The maximum Gasteiger partial charge on any atom is 0.234 e. The number of nitrogens with one attached hydrogen (secondary N) is 1. The van der Waals surface area contributed by atoms with E-state index in [0.717, 1.165) is 38.4 Å². The van der Waals surface area contributed by atoms with Crippen LogP contribution in [0.5, 0.6) is 0 Å². The highest BCUT2D eigenvalue weighted by Gasteiger charge is 2.19. The van der Waals surface area contributed by atoms with Crippen molar-refractivity contribution in [2.75, 3.05) is 11.1 Å². The van der Waals surface area contributed by atoms with Gasteiger partial charge in [-0.3, -0.25) is 9.36 Å². The zero-order chi connectivity index (χ0) is 21.8. The van der Waals surface area contributed by atoms with Gasteiger partial charge in [0.15, 0.2) is 11.0 Å². The highest BCUT2D eigenvalue weighted by molar-refractivity contribution is 9.10. The van der Waals surface area contributed by atoms with Crippen molar-refractivity contribution in [2.24, 2.45) is 0 Å². The van der Waals surface area contributed by atoms with Gasteiger partial charge in [-0.05, 0) is 49.2 Å². The average Bonchev–Trinajstić information content (AvgIpc) is 3.35.